The third-order valence-corrected chi connectivity index (χ3v) is 4.25. The van der Waals surface area contributed by atoms with Gasteiger partial charge in [-0.2, -0.15) is 0 Å². The number of aromatic hydroxyl groups is 1. The largest absolute Gasteiger partial charge is 0.508 e. The summed E-state index contributed by atoms with van der Waals surface area (Å²) in [5.74, 6) is 1.28. The van der Waals surface area contributed by atoms with Crippen molar-refractivity contribution in [2.24, 2.45) is 5.92 Å². The summed E-state index contributed by atoms with van der Waals surface area (Å²) >= 11 is 0. The summed E-state index contributed by atoms with van der Waals surface area (Å²) in [5.41, 5.74) is 1.09. The second kappa shape index (κ2) is 6.24. The lowest BCUT2D eigenvalue weighted by atomic mass is 9.92. The molecular formula is C16H25NO. The lowest BCUT2D eigenvalue weighted by molar-refractivity contribution is 0.116. The minimum Gasteiger partial charge on any atom is -0.508 e. The Kier molecular flexibility index (Phi) is 4.65. The topological polar surface area (TPSA) is 23.5 Å². The van der Waals surface area contributed by atoms with Crippen LogP contribution in [0.1, 0.15) is 51.1 Å². The van der Waals surface area contributed by atoms with E-state index in [1.807, 2.05) is 12.1 Å². The van der Waals surface area contributed by atoms with Gasteiger partial charge in [0.05, 0.1) is 0 Å². The van der Waals surface area contributed by atoms with E-state index in [4.69, 9.17) is 0 Å². The van der Waals surface area contributed by atoms with Crippen LogP contribution in [0.3, 0.4) is 0 Å². The van der Waals surface area contributed by atoms with E-state index in [-0.39, 0.29) is 0 Å². The van der Waals surface area contributed by atoms with E-state index in [1.165, 1.54) is 32.4 Å². The first-order valence-electron chi connectivity index (χ1n) is 7.28. The Labute approximate surface area is 111 Å². The molecule has 1 aliphatic heterocycles. The Hall–Kier alpha value is -1.02. The zero-order valence-corrected chi connectivity index (χ0v) is 11.6. The molecule has 2 atom stereocenters. The molecule has 0 aromatic heterocycles. The van der Waals surface area contributed by atoms with Crippen molar-refractivity contribution in [1.29, 1.82) is 0 Å². The van der Waals surface area contributed by atoms with Gasteiger partial charge in [-0.05, 0) is 37.8 Å². The van der Waals surface area contributed by atoms with Crippen molar-refractivity contribution in [3.8, 4) is 5.75 Å². The smallest absolute Gasteiger partial charge is 0.120 e. The second-order valence-electron chi connectivity index (χ2n) is 5.39. The van der Waals surface area contributed by atoms with Gasteiger partial charge in [0, 0.05) is 18.2 Å². The average Bonchev–Trinajstić information content (AvgIpc) is 2.42. The van der Waals surface area contributed by atoms with E-state index in [9.17, 15) is 5.11 Å². The highest BCUT2D eigenvalue weighted by molar-refractivity contribution is 5.34. The summed E-state index contributed by atoms with van der Waals surface area (Å²) in [6, 6.07) is 8.17. The number of rotatable bonds is 4. The van der Waals surface area contributed by atoms with E-state index in [1.54, 1.807) is 6.07 Å². The van der Waals surface area contributed by atoms with Gasteiger partial charge in [-0.1, -0.05) is 38.5 Å². The molecule has 2 unspecified atom stereocenters. The number of piperidine rings is 1. The Morgan fingerprint density at radius 3 is 2.78 bits per heavy atom. The number of hydrogen-bond donors (Lipinski definition) is 1. The third kappa shape index (κ3) is 2.86. The van der Waals surface area contributed by atoms with Gasteiger partial charge in [0.2, 0.25) is 0 Å². The van der Waals surface area contributed by atoms with Crippen molar-refractivity contribution in [3.05, 3.63) is 29.8 Å². The van der Waals surface area contributed by atoms with Crippen LogP contribution in [0, 0.1) is 5.92 Å². The first-order valence-corrected chi connectivity index (χ1v) is 7.28. The summed E-state index contributed by atoms with van der Waals surface area (Å²) in [6.07, 6.45) is 4.99. The van der Waals surface area contributed by atoms with Crippen molar-refractivity contribution < 1.29 is 5.11 Å². The van der Waals surface area contributed by atoms with E-state index >= 15 is 0 Å². The van der Waals surface area contributed by atoms with Gasteiger partial charge >= 0.3 is 0 Å². The molecule has 0 amide bonds. The first kappa shape index (κ1) is 13.4. The van der Waals surface area contributed by atoms with Crippen LogP contribution in [0.4, 0.5) is 0 Å². The highest BCUT2D eigenvalue weighted by Gasteiger charge is 2.26. The highest BCUT2D eigenvalue weighted by atomic mass is 16.3. The van der Waals surface area contributed by atoms with Crippen LogP contribution in [0.15, 0.2) is 24.3 Å². The molecule has 1 heterocycles. The molecule has 0 aliphatic carbocycles. The van der Waals surface area contributed by atoms with Crippen molar-refractivity contribution in [1.82, 2.24) is 4.90 Å². The SMILES string of the molecule is CCC1CCCN(C(CC)c2ccccc2O)C1. The van der Waals surface area contributed by atoms with Crippen LogP contribution >= 0.6 is 0 Å². The molecule has 2 nitrogen and oxygen atoms in total. The molecule has 18 heavy (non-hydrogen) atoms. The zero-order chi connectivity index (χ0) is 13.0. The van der Waals surface area contributed by atoms with Gasteiger partial charge < -0.3 is 5.11 Å². The fraction of sp³-hybridized carbons (Fsp3) is 0.625. The molecule has 2 rings (SSSR count). The standard InChI is InChI=1S/C16H25NO/c1-3-13-8-7-11-17(12-13)15(4-2)14-9-5-6-10-16(14)18/h5-6,9-10,13,15,18H,3-4,7-8,11-12H2,1-2H3. The summed E-state index contributed by atoms with van der Waals surface area (Å²) in [5, 5.41) is 10.0. The molecular weight excluding hydrogens is 222 g/mol. The lowest BCUT2D eigenvalue weighted by Crippen LogP contribution is -2.37. The molecule has 1 aromatic carbocycles. The van der Waals surface area contributed by atoms with Crippen LogP contribution in [0.2, 0.25) is 0 Å². The number of para-hydroxylation sites is 1. The van der Waals surface area contributed by atoms with E-state index < -0.39 is 0 Å². The molecule has 1 aromatic rings. The maximum Gasteiger partial charge on any atom is 0.120 e. The van der Waals surface area contributed by atoms with Crippen molar-refractivity contribution >= 4 is 0 Å². The molecule has 0 spiro atoms. The van der Waals surface area contributed by atoms with Crippen molar-refractivity contribution in [2.45, 2.75) is 45.6 Å². The van der Waals surface area contributed by atoms with Crippen LogP contribution in [0.5, 0.6) is 5.75 Å². The quantitative estimate of drug-likeness (QED) is 0.870. The number of hydrogen-bond acceptors (Lipinski definition) is 2. The fourth-order valence-corrected chi connectivity index (χ4v) is 3.16. The van der Waals surface area contributed by atoms with Gasteiger partial charge in [-0.3, -0.25) is 4.90 Å². The Morgan fingerprint density at radius 1 is 1.33 bits per heavy atom. The van der Waals surface area contributed by atoms with Crippen LogP contribution in [-0.4, -0.2) is 23.1 Å². The zero-order valence-electron chi connectivity index (χ0n) is 11.6. The monoisotopic (exact) mass is 247 g/mol. The van der Waals surface area contributed by atoms with E-state index in [0.29, 0.717) is 11.8 Å². The number of likely N-dealkylation sites (tertiary alicyclic amines) is 1. The number of nitrogens with zero attached hydrogens (tertiary/aromatic N) is 1. The number of phenolic OH excluding ortho intramolecular Hbond substituents is 1. The number of phenols is 1. The predicted octanol–water partition coefficient (Wildman–Crippen LogP) is 3.97. The molecule has 100 valence electrons. The maximum atomic E-state index is 10.0. The molecule has 0 bridgehead atoms. The Balaban J connectivity index is 2.15. The van der Waals surface area contributed by atoms with E-state index in [2.05, 4.69) is 24.8 Å². The molecule has 2 heteroatoms. The highest BCUT2D eigenvalue weighted by Crippen LogP contribution is 2.34. The van der Waals surface area contributed by atoms with Gasteiger partial charge in [-0.15, -0.1) is 0 Å². The van der Waals surface area contributed by atoms with Gasteiger partial charge in [0.25, 0.3) is 0 Å². The van der Waals surface area contributed by atoms with Crippen molar-refractivity contribution in [3.63, 3.8) is 0 Å². The first-order chi connectivity index (χ1) is 8.76. The minimum atomic E-state index is 0.376. The predicted molar refractivity (Wildman–Crippen MR) is 75.7 cm³/mol. The molecule has 1 fully saturated rings. The summed E-state index contributed by atoms with van der Waals surface area (Å²) in [6.45, 7) is 6.86. The lowest BCUT2D eigenvalue weighted by Gasteiger charge is -2.38. The second-order valence-corrected chi connectivity index (χ2v) is 5.39. The maximum absolute atomic E-state index is 10.0. The van der Waals surface area contributed by atoms with Gasteiger partial charge in [0.15, 0.2) is 0 Å². The Morgan fingerprint density at radius 2 is 2.11 bits per heavy atom. The molecule has 1 N–H and O–H groups in total. The summed E-state index contributed by atoms with van der Waals surface area (Å²) < 4.78 is 0. The minimum absolute atomic E-state index is 0.376. The van der Waals surface area contributed by atoms with Gasteiger partial charge in [-0.25, -0.2) is 0 Å². The fourth-order valence-electron chi connectivity index (χ4n) is 3.16. The molecule has 1 aliphatic rings. The van der Waals surface area contributed by atoms with Crippen LogP contribution in [0.25, 0.3) is 0 Å². The van der Waals surface area contributed by atoms with Gasteiger partial charge in [0.1, 0.15) is 5.75 Å². The van der Waals surface area contributed by atoms with E-state index in [0.717, 1.165) is 17.9 Å². The van der Waals surface area contributed by atoms with Crippen molar-refractivity contribution in [2.75, 3.05) is 13.1 Å². The molecule has 0 radical (unpaired) electrons. The summed E-state index contributed by atoms with van der Waals surface area (Å²) in [4.78, 5) is 2.56. The van der Waals surface area contributed by atoms with Crippen LogP contribution in [-0.2, 0) is 0 Å². The molecule has 1 saturated heterocycles. The number of benzene rings is 1. The van der Waals surface area contributed by atoms with Crippen LogP contribution < -0.4 is 0 Å². The summed E-state index contributed by atoms with van der Waals surface area (Å²) in [7, 11) is 0. The Bertz CT molecular complexity index is 377. The third-order valence-electron chi connectivity index (χ3n) is 4.25. The normalized spacial score (nSPS) is 22.9. The molecule has 0 saturated carbocycles. The average molecular weight is 247 g/mol.